The third-order valence-electron chi connectivity index (χ3n) is 2.74. The van der Waals surface area contributed by atoms with Gasteiger partial charge in [0.05, 0.1) is 12.8 Å². The summed E-state index contributed by atoms with van der Waals surface area (Å²) in [6.07, 6.45) is 4.41. The Hall–Kier alpha value is -1.35. The van der Waals surface area contributed by atoms with E-state index in [9.17, 15) is 0 Å². The lowest BCUT2D eigenvalue weighted by Crippen LogP contribution is -2.24. The minimum Gasteiger partial charge on any atom is -0.490 e. The van der Waals surface area contributed by atoms with Crippen LogP contribution in [0.2, 0.25) is 5.15 Å². The summed E-state index contributed by atoms with van der Waals surface area (Å²) in [5, 5.41) is 9.20. The van der Waals surface area contributed by atoms with Crippen LogP contribution in [-0.4, -0.2) is 31.1 Å². The molecule has 1 aliphatic rings. The quantitative estimate of drug-likeness (QED) is 0.613. The van der Waals surface area contributed by atoms with E-state index in [0.29, 0.717) is 29.7 Å². The zero-order chi connectivity index (χ0) is 13.5. The van der Waals surface area contributed by atoms with E-state index in [1.54, 1.807) is 0 Å². The number of pyridine rings is 1. The molecule has 102 valence electrons. The number of nitriles is 1. The molecule has 0 N–H and O–H groups in total. The molecule has 5 nitrogen and oxygen atoms in total. The van der Waals surface area contributed by atoms with Crippen molar-refractivity contribution in [3.63, 3.8) is 0 Å². The number of rotatable bonds is 5. The third kappa shape index (κ3) is 4.35. The first-order valence-electron chi connectivity index (χ1n) is 6.21. The van der Waals surface area contributed by atoms with Crippen LogP contribution in [0.5, 0.6) is 5.75 Å². The number of aromatic nitrogens is 1. The van der Waals surface area contributed by atoms with E-state index in [1.165, 1.54) is 12.3 Å². The normalized spacial score (nSPS) is 18.8. The average Bonchev–Trinajstić information content (AvgIpc) is 2.45. The van der Waals surface area contributed by atoms with Gasteiger partial charge in [-0.2, -0.15) is 5.26 Å². The molecule has 0 aromatic carbocycles. The molecule has 0 saturated carbocycles. The van der Waals surface area contributed by atoms with Crippen LogP contribution in [0, 0.1) is 11.3 Å². The first-order valence-corrected chi connectivity index (χ1v) is 6.59. The molecule has 0 bridgehead atoms. The van der Waals surface area contributed by atoms with Crippen molar-refractivity contribution < 1.29 is 14.2 Å². The fourth-order valence-electron chi connectivity index (χ4n) is 1.79. The molecule has 19 heavy (non-hydrogen) atoms. The number of nitrogens with zero attached hydrogens (tertiary/aromatic N) is 2. The van der Waals surface area contributed by atoms with E-state index in [0.717, 1.165) is 25.9 Å². The minimum absolute atomic E-state index is 0.131. The molecule has 2 heterocycles. The molecule has 1 atom stereocenters. The van der Waals surface area contributed by atoms with Crippen molar-refractivity contribution in [2.24, 2.45) is 0 Å². The van der Waals surface area contributed by atoms with Gasteiger partial charge >= 0.3 is 0 Å². The Kier molecular flexibility index (Phi) is 5.40. The SMILES string of the molecule is N#Cc1cnc(Cl)cc1OCCOC1CCCCO1. The Morgan fingerprint density at radius 3 is 3.11 bits per heavy atom. The number of halogens is 1. The van der Waals surface area contributed by atoms with Gasteiger partial charge in [0.25, 0.3) is 0 Å². The summed E-state index contributed by atoms with van der Waals surface area (Å²) in [4.78, 5) is 3.82. The van der Waals surface area contributed by atoms with Crippen LogP contribution in [0.25, 0.3) is 0 Å². The van der Waals surface area contributed by atoms with Gasteiger partial charge in [-0.25, -0.2) is 4.98 Å². The molecule has 0 amide bonds. The van der Waals surface area contributed by atoms with Crippen molar-refractivity contribution >= 4 is 11.6 Å². The van der Waals surface area contributed by atoms with Gasteiger partial charge in [-0.05, 0) is 19.3 Å². The van der Waals surface area contributed by atoms with Crippen molar-refractivity contribution in [1.29, 1.82) is 5.26 Å². The zero-order valence-electron chi connectivity index (χ0n) is 10.5. The third-order valence-corrected chi connectivity index (χ3v) is 2.94. The van der Waals surface area contributed by atoms with Gasteiger partial charge in [0.1, 0.15) is 29.1 Å². The number of ether oxygens (including phenoxy) is 3. The maximum absolute atomic E-state index is 8.91. The summed E-state index contributed by atoms with van der Waals surface area (Å²) in [6, 6.07) is 3.53. The lowest BCUT2D eigenvalue weighted by molar-refractivity contribution is -0.165. The smallest absolute Gasteiger partial charge is 0.157 e. The highest BCUT2D eigenvalue weighted by Crippen LogP contribution is 2.20. The molecule has 1 aromatic heterocycles. The molecule has 1 fully saturated rings. The predicted octanol–water partition coefficient (Wildman–Crippen LogP) is 2.53. The second kappa shape index (κ2) is 7.29. The molecule has 1 unspecified atom stereocenters. The van der Waals surface area contributed by atoms with Crippen LogP contribution in [0.1, 0.15) is 24.8 Å². The molecule has 0 spiro atoms. The molecule has 1 aliphatic heterocycles. The highest BCUT2D eigenvalue weighted by molar-refractivity contribution is 6.29. The van der Waals surface area contributed by atoms with Crippen LogP contribution >= 0.6 is 11.6 Å². The lowest BCUT2D eigenvalue weighted by atomic mass is 10.2. The lowest BCUT2D eigenvalue weighted by Gasteiger charge is -2.22. The van der Waals surface area contributed by atoms with E-state index in [2.05, 4.69) is 4.98 Å². The van der Waals surface area contributed by atoms with E-state index < -0.39 is 0 Å². The Balaban J connectivity index is 1.76. The summed E-state index contributed by atoms with van der Waals surface area (Å²) in [5.41, 5.74) is 0.360. The fourth-order valence-corrected chi connectivity index (χ4v) is 1.94. The number of hydrogen-bond acceptors (Lipinski definition) is 5. The van der Waals surface area contributed by atoms with E-state index >= 15 is 0 Å². The standard InChI is InChI=1S/C13H15ClN2O3/c14-12-7-11(10(8-15)9-16-12)17-5-6-19-13-3-1-2-4-18-13/h7,9,13H,1-6H2. The van der Waals surface area contributed by atoms with Crippen LogP contribution < -0.4 is 4.74 Å². The summed E-state index contributed by atoms with van der Waals surface area (Å²) in [7, 11) is 0. The number of hydrogen-bond donors (Lipinski definition) is 0. The topological polar surface area (TPSA) is 64.4 Å². The van der Waals surface area contributed by atoms with Crippen molar-refractivity contribution in [2.45, 2.75) is 25.6 Å². The van der Waals surface area contributed by atoms with Crippen molar-refractivity contribution in [3.05, 3.63) is 23.0 Å². The van der Waals surface area contributed by atoms with Gasteiger partial charge in [0.15, 0.2) is 6.29 Å². The highest BCUT2D eigenvalue weighted by Gasteiger charge is 2.13. The largest absolute Gasteiger partial charge is 0.490 e. The van der Waals surface area contributed by atoms with Gasteiger partial charge in [-0.3, -0.25) is 0 Å². The van der Waals surface area contributed by atoms with Gasteiger partial charge < -0.3 is 14.2 Å². The zero-order valence-corrected chi connectivity index (χ0v) is 11.2. The fraction of sp³-hybridized carbons (Fsp3) is 0.538. The van der Waals surface area contributed by atoms with Gasteiger partial charge in [-0.15, -0.1) is 0 Å². The Bertz CT molecular complexity index is 456. The van der Waals surface area contributed by atoms with Gasteiger partial charge in [0.2, 0.25) is 0 Å². The van der Waals surface area contributed by atoms with Crippen LogP contribution in [0.15, 0.2) is 12.3 Å². The van der Waals surface area contributed by atoms with Gasteiger partial charge in [-0.1, -0.05) is 11.6 Å². The molecule has 1 aromatic rings. The van der Waals surface area contributed by atoms with Crippen molar-refractivity contribution in [2.75, 3.05) is 19.8 Å². The summed E-state index contributed by atoms with van der Waals surface area (Å²) < 4.78 is 16.4. The molecular formula is C13H15ClN2O3. The van der Waals surface area contributed by atoms with E-state index in [-0.39, 0.29) is 6.29 Å². The predicted molar refractivity (Wildman–Crippen MR) is 69.0 cm³/mol. The first kappa shape index (κ1) is 14.1. The summed E-state index contributed by atoms with van der Waals surface area (Å²) >= 11 is 5.76. The van der Waals surface area contributed by atoms with E-state index in [1.807, 2.05) is 6.07 Å². The van der Waals surface area contributed by atoms with Crippen molar-refractivity contribution in [3.8, 4) is 11.8 Å². The molecule has 0 aliphatic carbocycles. The first-order chi connectivity index (χ1) is 9.29. The summed E-state index contributed by atoms with van der Waals surface area (Å²) in [5.74, 6) is 0.427. The van der Waals surface area contributed by atoms with E-state index in [4.69, 9.17) is 31.1 Å². The molecule has 2 rings (SSSR count). The molecule has 0 radical (unpaired) electrons. The Labute approximate surface area is 117 Å². The van der Waals surface area contributed by atoms with Crippen molar-refractivity contribution in [1.82, 2.24) is 4.98 Å². The second-order valence-electron chi connectivity index (χ2n) is 4.13. The van der Waals surface area contributed by atoms with Crippen LogP contribution in [-0.2, 0) is 9.47 Å². The minimum atomic E-state index is -0.131. The monoisotopic (exact) mass is 282 g/mol. The Morgan fingerprint density at radius 2 is 2.37 bits per heavy atom. The Morgan fingerprint density at radius 1 is 1.47 bits per heavy atom. The maximum atomic E-state index is 8.91. The van der Waals surface area contributed by atoms with Gasteiger partial charge in [0, 0.05) is 12.7 Å². The maximum Gasteiger partial charge on any atom is 0.157 e. The molecule has 6 heteroatoms. The van der Waals surface area contributed by atoms with Crippen LogP contribution in [0.3, 0.4) is 0 Å². The molecule has 1 saturated heterocycles. The second-order valence-corrected chi connectivity index (χ2v) is 4.52. The van der Waals surface area contributed by atoms with Crippen LogP contribution in [0.4, 0.5) is 0 Å². The summed E-state index contributed by atoms with van der Waals surface area (Å²) in [6.45, 7) is 1.51. The average molecular weight is 283 g/mol. The highest BCUT2D eigenvalue weighted by atomic mass is 35.5. The molecular weight excluding hydrogens is 268 g/mol.